The van der Waals surface area contributed by atoms with E-state index < -0.39 is 11.6 Å². The van der Waals surface area contributed by atoms with Crippen molar-refractivity contribution in [1.29, 1.82) is 0 Å². The summed E-state index contributed by atoms with van der Waals surface area (Å²) < 4.78 is 32.8. The highest BCUT2D eigenvalue weighted by atomic mass is 19.2. The van der Waals surface area contributed by atoms with Crippen molar-refractivity contribution < 1.29 is 13.5 Å². The first-order valence-electron chi connectivity index (χ1n) is 7.36. The van der Waals surface area contributed by atoms with Crippen LogP contribution >= 0.6 is 0 Å². The average Bonchev–Trinajstić information content (AvgIpc) is 2.57. The fourth-order valence-electron chi connectivity index (χ4n) is 2.31. The van der Waals surface area contributed by atoms with Gasteiger partial charge in [-0.2, -0.15) is 0 Å². The van der Waals surface area contributed by atoms with E-state index in [0.717, 1.165) is 11.6 Å². The third-order valence-electron chi connectivity index (χ3n) is 3.64. The summed E-state index contributed by atoms with van der Waals surface area (Å²) >= 11 is 0. The van der Waals surface area contributed by atoms with Crippen molar-refractivity contribution in [1.82, 2.24) is 0 Å². The Balaban J connectivity index is 1.72. The van der Waals surface area contributed by atoms with Crippen LogP contribution in [0.15, 0.2) is 66.7 Å². The van der Waals surface area contributed by atoms with E-state index in [1.807, 2.05) is 31.2 Å². The predicted molar refractivity (Wildman–Crippen MR) is 87.3 cm³/mol. The van der Waals surface area contributed by atoms with E-state index >= 15 is 0 Å². The van der Waals surface area contributed by atoms with Crippen molar-refractivity contribution in [3.63, 3.8) is 0 Å². The number of hydrogen-bond acceptors (Lipinski definition) is 1. The van der Waals surface area contributed by atoms with Crippen LogP contribution < -0.4 is 4.74 Å². The highest BCUT2D eigenvalue weighted by Gasteiger charge is 2.09. The van der Waals surface area contributed by atoms with Crippen LogP contribution in [0.25, 0.3) is 11.1 Å². The molecule has 0 amide bonds. The molecule has 0 spiro atoms. The lowest BCUT2D eigenvalue weighted by Crippen LogP contribution is -1.95. The van der Waals surface area contributed by atoms with Gasteiger partial charge < -0.3 is 4.74 Å². The van der Waals surface area contributed by atoms with Gasteiger partial charge in [0.1, 0.15) is 12.4 Å². The molecule has 0 radical (unpaired) electrons. The quantitative estimate of drug-likeness (QED) is 0.616. The Kier molecular flexibility index (Phi) is 4.38. The highest BCUT2D eigenvalue weighted by molar-refractivity contribution is 5.64. The monoisotopic (exact) mass is 310 g/mol. The lowest BCUT2D eigenvalue weighted by Gasteiger charge is -2.08. The van der Waals surface area contributed by atoms with Gasteiger partial charge in [0, 0.05) is 5.56 Å². The second-order valence-electron chi connectivity index (χ2n) is 5.40. The highest BCUT2D eigenvalue weighted by Crippen LogP contribution is 2.26. The molecule has 0 aromatic heterocycles. The maximum atomic E-state index is 13.8. The van der Waals surface area contributed by atoms with Crippen LogP contribution in [0.5, 0.6) is 5.75 Å². The first-order valence-corrected chi connectivity index (χ1v) is 7.36. The van der Waals surface area contributed by atoms with Gasteiger partial charge in [0.15, 0.2) is 11.6 Å². The summed E-state index contributed by atoms with van der Waals surface area (Å²) in [6, 6.07) is 19.2. The van der Waals surface area contributed by atoms with Crippen LogP contribution in [0.2, 0.25) is 0 Å². The fourth-order valence-corrected chi connectivity index (χ4v) is 2.31. The van der Waals surface area contributed by atoms with Gasteiger partial charge in [-0.05, 0) is 36.2 Å². The number of hydrogen-bond donors (Lipinski definition) is 0. The van der Waals surface area contributed by atoms with Gasteiger partial charge in [0.25, 0.3) is 0 Å². The number of ether oxygens (including phenoxy) is 1. The van der Waals surface area contributed by atoms with Crippen LogP contribution in [0, 0.1) is 18.6 Å². The van der Waals surface area contributed by atoms with Crippen LogP contribution in [-0.2, 0) is 6.61 Å². The molecule has 0 fully saturated rings. The lowest BCUT2D eigenvalue weighted by atomic mass is 10.0. The van der Waals surface area contributed by atoms with Gasteiger partial charge in [0.2, 0.25) is 0 Å². The molecule has 116 valence electrons. The van der Waals surface area contributed by atoms with E-state index in [0.29, 0.717) is 17.9 Å². The van der Waals surface area contributed by atoms with Crippen molar-refractivity contribution in [2.75, 3.05) is 0 Å². The van der Waals surface area contributed by atoms with Crippen molar-refractivity contribution >= 4 is 0 Å². The van der Waals surface area contributed by atoms with Gasteiger partial charge in [-0.15, -0.1) is 0 Å². The van der Waals surface area contributed by atoms with Gasteiger partial charge in [-0.1, -0.05) is 54.1 Å². The molecule has 0 unspecified atom stereocenters. The zero-order chi connectivity index (χ0) is 16.2. The summed E-state index contributed by atoms with van der Waals surface area (Å²) in [4.78, 5) is 0. The minimum atomic E-state index is -0.845. The molecule has 0 atom stereocenters. The second kappa shape index (κ2) is 6.61. The number of benzene rings is 3. The Hall–Kier alpha value is -2.68. The summed E-state index contributed by atoms with van der Waals surface area (Å²) in [5.41, 5.74) is 3.14. The maximum Gasteiger partial charge on any atom is 0.166 e. The molecule has 0 saturated heterocycles. The first kappa shape index (κ1) is 15.2. The Morgan fingerprint density at radius 3 is 2.22 bits per heavy atom. The normalized spacial score (nSPS) is 10.6. The lowest BCUT2D eigenvalue weighted by molar-refractivity contribution is 0.306. The topological polar surface area (TPSA) is 9.23 Å². The Labute approximate surface area is 134 Å². The van der Waals surface area contributed by atoms with Crippen molar-refractivity contribution in [2.24, 2.45) is 0 Å². The number of halogens is 2. The molecule has 23 heavy (non-hydrogen) atoms. The molecule has 3 rings (SSSR count). The Bertz CT molecular complexity index is 793. The zero-order valence-electron chi connectivity index (χ0n) is 12.7. The summed E-state index contributed by atoms with van der Waals surface area (Å²) in [5.74, 6) is -0.992. The van der Waals surface area contributed by atoms with Crippen molar-refractivity contribution in [3.05, 3.63) is 89.5 Å². The number of aryl methyl sites for hydroxylation is 1. The largest absolute Gasteiger partial charge is 0.489 e. The molecule has 0 aliphatic rings. The van der Waals surface area contributed by atoms with Gasteiger partial charge in [-0.25, -0.2) is 8.78 Å². The van der Waals surface area contributed by atoms with Gasteiger partial charge in [-0.3, -0.25) is 0 Å². The van der Waals surface area contributed by atoms with Gasteiger partial charge in [0.05, 0.1) is 0 Å². The molecule has 3 aromatic carbocycles. The van der Waals surface area contributed by atoms with Gasteiger partial charge >= 0.3 is 0 Å². The molecule has 0 heterocycles. The van der Waals surface area contributed by atoms with E-state index in [1.165, 1.54) is 11.6 Å². The molecule has 0 aliphatic heterocycles. The average molecular weight is 310 g/mol. The minimum Gasteiger partial charge on any atom is -0.489 e. The summed E-state index contributed by atoms with van der Waals surface area (Å²) in [7, 11) is 0. The SMILES string of the molecule is Cc1ccc(COc2ccc(-c3cccc(F)c3F)cc2)cc1. The molecule has 0 bridgehead atoms. The predicted octanol–water partition coefficient (Wildman–Crippen LogP) is 5.52. The first-order chi connectivity index (χ1) is 11.1. The summed E-state index contributed by atoms with van der Waals surface area (Å²) in [6.45, 7) is 2.50. The molecule has 3 aromatic rings. The van der Waals surface area contributed by atoms with Crippen molar-refractivity contribution in [3.8, 4) is 16.9 Å². The summed E-state index contributed by atoms with van der Waals surface area (Å²) in [5, 5.41) is 0. The fraction of sp³-hybridized carbons (Fsp3) is 0.100. The minimum absolute atomic E-state index is 0.245. The molecular weight excluding hydrogens is 294 g/mol. The Morgan fingerprint density at radius 2 is 1.52 bits per heavy atom. The summed E-state index contributed by atoms with van der Waals surface area (Å²) in [6.07, 6.45) is 0. The maximum absolute atomic E-state index is 13.8. The molecule has 1 nitrogen and oxygen atoms in total. The smallest absolute Gasteiger partial charge is 0.166 e. The van der Waals surface area contributed by atoms with Crippen LogP contribution in [0.1, 0.15) is 11.1 Å². The standard InChI is InChI=1S/C20H16F2O/c1-14-5-7-15(8-6-14)13-23-17-11-9-16(10-12-17)18-3-2-4-19(21)20(18)22/h2-12H,13H2,1H3. The third-order valence-corrected chi connectivity index (χ3v) is 3.64. The molecule has 3 heteroatoms. The van der Waals surface area contributed by atoms with Crippen molar-refractivity contribution in [2.45, 2.75) is 13.5 Å². The van der Waals surface area contributed by atoms with E-state index in [9.17, 15) is 8.78 Å². The molecule has 0 saturated carbocycles. The number of rotatable bonds is 4. The van der Waals surface area contributed by atoms with E-state index in [1.54, 1.807) is 30.3 Å². The van der Waals surface area contributed by atoms with E-state index in [-0.39, 0.29) is 5.56 Å². The second-order valence-corrected chi connectivity index (χ2v) is 5.40. The zero-order valence-corrected chi connectivity index (χ0v) is 12.7. The molecule has 0 N–H and O–H groups in total. The van der Waals surface area contributed by atoms with Crippen LogP contribution in [0.3, 0.4) is 0 Å². The van der Waals surface area contributed by atoms with Crippen LogP contribution in [0.4, 0.5) is 8.78 Å². The molecular formula is C20H16F2O. The van der Waals surface area contributed by atoms with E-state index in [2.05, 4.69) is 0 Å². The third kappa shape index (κ3) is 3.57. The Morgan fingerprint density at radius 1 is 0.826 bits per heavy atom. The van der Waals surface area contributed by atoms with Crippen LogP contribution in [-0.4, -0.2) is 0 Å². The van der Waals surface area contributed by atoms with E-state index in [4.69, 9.17) is 4.74 Å². The molecule has 0 aliphatic carbocycles.